The van der Waals surface area contributed by atoms with Crippen molar-refractivity contribution in [3.05, 3.63) is 24.0 Å². The van der Waals surface area contributed by atoms with E-state index in [2.05, 4.69) is 5.32 Å². The topological polar surface area (TPSA) is 105 Å². The number of morpholine rings is 1. The number of nitrogens with one attached hydrogen (secondary N) is 1. The second kappa shape index (κ2) is 8.69. The minimum absolute atomic E-state index is 0.0504. The van der Waals surface area contributed by atoms with Crippen LogP contribution >= 0.6 is 0 Å². The molecule has 0 bridgehead atoms. The Morgan fingerprint density at radius 2 is 2.07 bits per heavy atom. The lowest BCUT2D eigenvalue weighted by atomic mass is 9.94. The highest BCUT2D eigenvalue weighted by Crippen LogP contribution is 2.32. The molecule has 2 aliphatic rings. The molecule has 3 N–H and O–H groups in total. The van der Waals surface area contributed by atoms with E-state index in [0.717, 1.165) is 12.8 Å². The SMILES string of the molecule is CC(C)(C)CN(C1CC1)[C@@H](C(N)=O)C(=O)Nc1ccc(N2CCOCC2=O)cc1F. The number of halogens is 1. The summed E-state index contributed by atoms with van der Waals surface area (Å²) in [6.07, 6.45) is 1.79. The summed E-state index contributed by atoms with van der Waals surface area (Å²) in [4.78, 5) is 40.2. The largest absolute Gasteiger partial charge is 0.370 e. The maximum absolute atomic E-state index is 14.7. The molecular formula is C21H29FN4O4. The summed E-state index contributed by atoms with van der Waals surface area (Å²) in [6, 6.07) is 3.05. The number of amides is 3. The first-order valence-electron chi connectivity index (χ1n) is 10.1. The molecule has 1 heterocycles. The number of hydrogen-bond donors (Lipinski definition) is 2. The van der Waals surface area contributed by atoms with E-state index >= 15 is 0 Å². The van der Waals surface area contributed by atoms with Crippen LogP contribution in [0.2, 0.25) is 0 Å². The molecule has 0 radical (unpaired) electrons. The van der Waals surface area contributed by atoms with Gasteiger partial charge in [0.15, 0.2) is 6.04 Å². The van der Waals surface area contributed by atoms with Gasteiger partial charge in [-0.3, -0.25) is 19.3 Å². The Morgan fingerprint density at radius 3 is 2.60 bits per heavy atom. The summed E-state index contributed by atoms with van der Waals surface area (Å²) >= 11 is 0. The Bertz CT molecular complexity index is 835. The third kappa shape index (κ3) is 5.34. The van der Waals surface area contributed by atoms with Crippen molar-refractivity contribution in [2.45, 2.75) is 45.7 Å². The van der Waals surface area contributed by atoms with Crippen LogP contribution in [0.1, 0.15) is 33.6 Å². The van der Waals surface area contributed by atoms with Crippen molar-refractivity contribution in [2.24, 2.45) is 11.1 Å². The van der Waals surface area contributed by atoms with Gasteiger partial charge < -0.3 is 20.7 Å². The molecule has 1 aliphatic heterocycles. The van der Waals surface area contributed by atoms with Gasteiger partial charge in [-0.2, -0.15) is 0 Å². The smallest absolute Gasteiger partial charge is 0.253 e. The Labute approximate surface area is 175 Å². The van der Waals surface area contributed by atoms with Crippen LogP contribution in [-0.4, -0.2) is 61.0 Å². The van der Waals surface area contributed by atoms with Crippen molar-refractivity contribution in [3.8, 4) is 0 Å². The normalized spacial score (nSPS) is 18.4. The van der Waals surface area contributed by atoms with Gasteiger partial charge in [-0.15, -0.1) is 0 Å². The molecule has 3 rings (SSSR count). The second-order valence-corrected chi connectivity index (χ2v) is 9.02. The second-order valence-electron chi connectivity index (χ2n) is 9.02. The van der Waals surface area contributed by atoms with Gasteiger partial charge in [0.05, 0.1) is 12.3 Å². The maximum atomic E-state index is 14.7. The standard InChI is InChI=1S/C21H29FN4O4/c1-21(2,3)12-26(13-4-5-13)18(19(23)28)20(29)24-16-7-6-14(10-15(16)22)25-8-9-30-11-17(25)27/h6-7,10,13,18H,4-5,8-9,11-12H2,1-3H3,(H2,23,28)(H,24,29)/t18-/m0/s1. The average molecular weight is 420 g/mol. The predicted octanol–water partition coefficient (Wildman–Crippen LogP) is 1.49. The fraction of sp³-hybridized carbons (Fsp3) is 0.571. The number of carbonyl (C=O) groups is 3. The lowest BCUT2D eigenvalue weighted by Gasteiger charge is -2.34. The first kappa shape index (κ1) is 22.2. The van der Waals surface area contributed by atoms with Crippen LogP contribution < -0.4 is 16.0 Å². The van der Waals surface area contributed by atoms with Gasteiger partial charge in [-0.1, -0.05) is 20.8 Å². The first-order chi connectivity index (χ1) is 14.1. The third-order valence-electron chi connectivity index (χ3n) is 5.03. The molecule has 0 aromatic heterocycles. The van der Waals surface area contributed by atoms with Crippen LogP contribution in [0.15, 0.2) is 18.2 Å². The third-order valence-corrected chi connectivity index (χ3v) is 5.03. The fourth-order valence-electron chi connectivity index (χ4n) is 3.59. The van der Waals surface area contributed by atoms with Crippen molar-refractivity contribution >= 4 is 29.1 Å². The van der Waals surface area contributed by atoms with E-state index in [0.29, 0.717) is 25.4 Å². The molecule has 1 atom stereocenters. The molecule has 1 aromatic carbocycles. The highest BCUT2D eigenvalue weighted by Gasteiger charge is 2.42. The molecule has 30 heavy (non-hydrogen) atoms. The molecule has 2 fully saturated rings. The Hall–Kier alpha value is -2.52. The van der Waals surface area contributed by atoms with Gasteiger partial charge in [0.1, 0.15) is 12.4 Å². The summed E-state index contributed by atoms with van der Waals surface area (Å²) < 4.78 is 19.8. The molecule has 1 aromatic rings. The minimum Gasteiger partial charge on any atom is -0.370 e. The molecule has 1 saturated heterocycles. The molecule has 164 valence electrons. The van der Waals surface area contributed by atoms with E-state index < -0.39 is 23.7 Å². The monoisotopic (exact) mass is 420 g/mol. The number of ether oxygens (including phenoxy) is 1. The summed E-state index contributed by atoms with van der Waals surface area (Å²) in [6.45, 7) is 7.22. The van der Waals surface area contributed by atoms with Crippen LogP contribution in [0.3, 0.4) is 0 Å². The summed E-state index contributed by atoms with van der Waals surface area (Å²) in [5, 5.41) is 2.50. The zero-order valence-electron chi connectivity index (χ0n) is 17.6. The lowest BCUT2D eigenvalue weighted by Crippen LogP contribution is -2.55. The van der Waals surface area contributed by atoms with Gasteiger partial charge >= 0.3 is 0 Å². The highest BCUT2D eigenvalue weighted by atomic mass is 19.1. The zero-order valence-corrected chi connectivity index (χ0v) is 17.6. The van der Waals surface area contributed by atoms with Gasteiger partial charge in [0.2, 0.25) is 5.91 Å². The summed E-state index contributed by atoms with van der Waals surface area (Å²) in [5.41, 5.74) is 5.73. The molecular weight excluding hydrogens is 391 g/mol. The highest BCUT2D eigenvalue weighted by molar-refractivity contribution is 6.09. The van der Waals surface area contributed by atoms with Gasteiger partial charge in [0.25, 0.3) is 11.8 Å². The number of nitrogens with zero attached hydrogens (tertiary/aromatic N) is 2. The number of primary amides is 1. The fourth-order valence-corrected chi connectivity index (χ4v) is 3.59. The van der Waals surface area contributed by atoms with E-state index in [9.17, 15) is 18.8 Å². The van der Waals surface area contributed by atoms with Crippen molar-refractivity contribution in [3.63, 3.8) is 0 Å². The number of nitrogens with two attached hydrogens (primary N) is 1. The van der Waals surface area contributed by atoms with Gasteiger partial charge in [-0.05, 0) is 36.5 Å². The molecule has 1 aliphatic carbocycles. The zero-order chi connectivity index (χ0) is 22.1. The van der Waals surface area contributed by atoms with Gasteiger partial charge in [0, 0.05) is 24.8 Å². The molecule has 0 spiro atoms. The number of rotatable bonds is 7. The molecule has 3 amide bonds. The lowest BCUT2D eigenvalue weighted by molar-refractivity contribution is -0.133. The van der Waals surface area contributed by atoms with Crippen LogP contribution in [0, 0.1) is 11.2 Å². The average Bonchev–Trinajstić information content (AvgIpc) is 3.47. The number of benzene rings is 1. The van der Waals surface area contributed by atoms with E-state index in [4.69, 9.17) is 10.5 Å². The van der Waals surface area contributed by atoms with E-state index in [1.807, 2.05) is 25.7 Å². The molecule has 0 unspecified atom stereocenters. The molecule has 1 saturated carbocycles. The molecule has 9 heteroatoms. The van der Waals surface area contributed by atoms with Crippen LogP contribution in [0.5, 0.6) is 0 Å². The van der Waals surface area contributed by atoms with Crippen LogP contribution in [-0.2, 0) is 19.1 Å². The van der Waals surface area contributed by atoms with E-state index in [-0.39, 0.29) is 29.7 Å². The van der Waals surface area contributed by atoms with E-state index in [1.165, 1.54) is 17.0 Å². The number of carbonyl (C=O) groups excluding carboxylic acids is 3. The first-order valence-corrected chi connectivity index (χ1v) is 10.1. The quantitative estimate of drug-likeness (QED) is 0.651. The number of hydrogen-bond acceptors (Lipinski definition) is 5. The van der Waals surface area contributed by atoms with Crippen molar-refractivity contribution in [1.29, 1.82) is 0 Å². The van der Waals surface area contributed by atoms with Gasteiger partial charge in [-0.25, -0.2) is 4.39 Å². The summed E-state index contributed by atoms with van der Waals surface area (Å²) in [5.74, 6) is -2.38. The Morgan fingerprint density at radius 1 is 1.37 bits per heavy atom. The van der Waals surface area contributed by atoms with Crippen LogP contribution in [0.25, 0.3) is 0 Å². The predicted molar refractivity (Wildman–Crippen MR) is 110 cm³/mol. The van der Waals surface area contributed by atoms with Crippen molar-refractivity contribution < 1.29 is 23.5 Å². The number of anilines is 2. The molecule has 8 nitrogen and oxygen atoms in total. The van der Waals surface area contributed by atoms with Crippen molar-refractivity contribution in [1.82, 2.24) is 4.90 Å². The summed E-state index contributed by atoms with van der Waals surface area (Å²) in [7, 11) is 0. The Kier molecular flexibility index (Phi) is 6.42. The van der Waals surface area contributed by atoms with E-state index in [1.54, 1.807) is 6.07 Å². The van der Waals surface area contributed by atoms with Crippen molar-refractivity contribution in [2.75, 3.05) is 36.5 Å². The van der Waals surface area contributed by atoms with Crippen LogP contribution in [0.4, 0.5) is 15.8 Å². The maximum Gasteiger partial charge on any atom is 0.253 e. The Balaban J connectivity index is 1.77. The minimum atomic E-state index is -1.18.